The van der Waals surface area contributed by atoms with Gasteiger partial charge in [0.25, 0.3) is 5.91 Å². The number of hydrogen-bond acceptors (Lipinski definition) is 8. The minimum absolute atomic E-state index is 0.0402. The summed E-state index contributed by atoms with van der Waals surface area (Å²) in [5.74, 6) is -0.754. The first-order valence-corrected chi connectivity index (χ1v) is 17.1. The number of amides is 2. The number of thiazole rings is 1. The molecular weight excluding hydrogens is 588 g/mol. The molecule has 0 spiro atoms. The zero-order chi connectivity index (χ0) is 33.3. The molecule has 1 N–H and O–H groups in total. The predicted octanol–water partition coefficient (Wildman–Crippen LogP) is 5.70. The van der Waals surface area contributed by atoms with Crippen LogP contribution in [-0.4, -0.2) is 77.1 Å². The summed E-state index contributed by atoms with van der Waals surface area (Å²) in [6.07, 6.45) is 3.17. The lowest BCUT2D eigenvalue weighted by atomic mass is 9.93. The Morgan fingerprint density at radius 3 is 2.36 bits per heavy atom. The van der Waals surface area contributed by atoms with Crippen molar-refractivity contribution in [2.24, 2.45) is 17.8 Å². The summed E-state index contributed by atoms with van der Waals surface area (Å²) in [7, 11) is 3.71. The fourth-order valence-electron chi connectivity index (χ4n) is 6.31. The van der Waals surface area contributed by atoms with Gasteiger partial charge in [-0.05, 0) is 56.7 Å². The molecule has 0 unspecified atom stereocenters. The molecule has 0 radical (unpaired) electrons. The van der Waals surface area contributed by atoms with E-state index in [4.69, 9.17) is 4.74 Å². The molecule has 1 aliphatic rings. The molecular formula is C35H52N4O5S. The highest BCUT2D eigenvalue weighted by Gasteiger charge is 2.35. The van der Waals surface area contributed by atoms with Crippen LogP contribution < -0.4 is 5.32 Å². The lowest BCUT2D eigenvalue weighted by Gasteiger charge is -2.35. The summed E-state index contributed by atoms with van der Waals surface area (Å²) >= 11 is 1.27. The second-order valence-corrected chi connectivity index (χ2v) is 14.3. The number of ether oxygens (including phenoxy) is 1. The Labute approximate surface area is 273 Å². The Bertz CT molecular complexity index is 1280. The minimum atomic E-state index is -0.725. The molecule has 2 aromatic rings. The van der Waals surface area contributed by atoms with E-state index < -0.39 is 18.0 Å². The highest BCUT2D eigenvalue weighted by Crippen LogP contribution is 2.31. The van der Waals surface area contributed by atoms with Crippen molar-refractivity contribution in [3.05, 3.63) is 52.0 Å². The number of benzene rings is 1. The van der Waals surface area contributed by atoms with E-state index in [1.165, 1.54) is 18.3 Å². The van der Waals surface area contributed by atoms with Crippen molar-refractivity contribution in [3.63, 3.8) is 0 Å². The Morgan fingerprint density at radius 2 is 1.78 bits per heavy atom. The van der Waals surface area contributed by atoms with E-state index in [-0.39, 0.29) is 53.8 Å². The number of Topliss-reactive ketones (excluding diaryl/α,β-unsaturated/α-hetero) is 1. The SMILES string of the molecule is CC(=O)O[C@H](C[C@H](C(C)C)N(C)C(=O)[C@H](C)CC(=O)[C@H]1CCCN1C)c1nc(C(=O)N[C@@H](Cc2ccccc2)CC(C)C)cs1. The van der Waals surface area contributed by atoms with Gasteiger partial charge >= 0.3 is 5.97 Å². The van der Waals surface area contributed by atoms with Crippen LogP contribution in [0.1, 0.15) is 101 Å². The summed E-state index contributed by atoms with van der Waals surface area (Å²) in [5.41, 5.74) is 1.43. The van der Waals surface area contributed by atoms with Crippen LogP contribution in [0.15, 0.2) is 35.7 Å². The van der Waals surface area contributed by atoms with Gasteiger partial charge in [-0.25, -0.2) is 4.98 Å². The molecule has 1 aliphatic heterocycles. The normalized spacial score (nSPS) is 18.0. The highest BCUT2D eigenvalue weighted by atomic mass is 32.1. The van der Waals surface area contributed by atoms with Crippen LogP contribution in [0.5, 0.6) is 0 Å². The third-order valence-electron chi connectivity index (χ3n) is 8.65. The number of hydrogen-bond donors (Lipinski definition) is 1. The number of nitrogens with one attached hydrogen (secondary N) is 1. The molecule has 0 bridgehead atoms. The maximum atomic E-state index is 13.6. The van der Waals surface area contributed by atoms with Gasteiger partial charge in [0.05, 0.1) is 6.04 Å². The van der Waals surface area contributed by atoms with E-state index >= 15 is 0 Å². The van der Waals surface area contributed by atoms with E-state index in [9.17, 15) is 19.2 Å². The fraction of sp³-hybridized carbons (Fsp3) is 0.629. The molecule has 9 nitrogen and oxygen atoms in total. The zero-order valence-corrected chi connectivity index (χ0v) is 29.1. The number of likely N-dealkylation sites (tertiary alicyclic amines) is 1. The van der Waals surface area contributed by atoms with Crippen molar-refractivity contribution >= 4 is 34.9 Å². The number of ketones is 1. The second kappa shape index (κ2) is 17.0. The van der Waals surface area contributed by atoms with E-state index in [1.54, 1.807) is 17.3 Å². The Hall–Kier alpha value is -3.11. The number of aromatic nitrogens is 1. The maximum absolute atomic E-state index is 13.6. The van der Waals surface area contributed by atoms with Gasteiger partial charge < -0.3 is 15.0 Å². The molecule has 2 heterocycles. The first kappa shape index (κ1) is 36.4. The number of nitrogens with zero attached hydrogens (tertiary/aromatic N) is 3. The average Bonchev–Trinajstić information content (AvgIpc) is 3.64. The fourth-order valence-corrected chi connectivity index (χ4v) is 7.15. The molecule has 1 aromatic carbocycles. The van der Waals surface area contributed by atoms with Crippen molar-refractivity contribution < 1.29 is 23.9 Å². The number of esters is 1. The van der Waals surface area contributed by atoms with Crippen molar-refractivity contribution in [2.75, 3.05) is 20.6 Å². The third kappa shape index (κ3) is 10.7. The Balaban J connectivity index is 1.72. The average molecular weight is 641 g/mol. The smallest absolute Gasteiger partial charge is 0.303 e. The van der Waals surface area contributed by atoms with Gasteiger partial charge in [0, 0.05) is 50.2 Å². The van der Waals surface area contributed by atoms with Crippen LogP contribution in [0, 0.1) is 17.8 Å². The van der Waals surface area contributed by atoms with E-state index in [0.717, 1.165) is 37.8 Å². The molecule has 45 heavy (non-hydrogen) atoms. The van der Waals surface area contributed by atoms with Crippen LogP contribution in [0.2, 0.25) is 0 Å². The van der Waals surface area contributed by atoms with Crippen LogP contribution in [-0.2, 0) is 25.5 Å². The first-order chi connectivity index (χ1) is 21.3. The van der Waals surface area contributed by atoms with Gasteiger partial charge in [0.15, 0.2) is 11.9 Å². The van der Waals surface area contributed by atoms with E-state index in [0.29, 0.717) is 17.3 Å². The van der Waals surface area contributed by atoms with Crippen molar-refractivity contribution in [1.82, 2.24) is 20.1 Å². The molecule has 1 aromatic heterocycles. The number of rotatable bonds is 16. The minimum Gasteiger partial charge on any atom is -0.455 e. The molecule has 0 saturated carbocycles. The summed E-state index contributed by atoms with van der Waals surface area (Å²) in [5, 5.41) is 5.37. The molecule has 10 heteroatoms. The molecule has 3 rings (SSSR count). The van der Waals surface area contributed by atoms with Gasteiger partial charge in [-0.2, -0.15) is 0 Å². The van der Waals surface area contributed by atoms with Gasteiger partial charge in [-0.3, -0.25) is 24.1 Å². The lowest BCUT2D eigenvalue weighted by molar-refractivity contribution is -0.149. The molecule has 2 amide bonds. The zero-order valence-electron chi connectivity index (χ0n) is 28.2. The van der Waals surface area contributed by atoms with Crippen molar-refractivity contribution in [1.29, 1.82) is 0 Å². The van der Waals surface area contributed by atoms with Gasteiger partial charge in [-0.15, -0.1) is 11.3 Å². The van der Waals surface area contributed by atoms with Crippen LogP contribution in [0.4, 0.5) is 0 Å². The number of carbonyl (C=O) groups excluding carboxylic acids is 4. The lowest BCUT2D eigenvalue weighted by Crippen LogP contribution is -2.45. The standard InChI is InChI=1S/C35H52N4O5S/c1-22(2)17-27(19-26-13-10-9-11-14-26)36-33(42)28-21-45-34(37-28)32(44-25(6)40)20-30(23(3)4)39(8)35(43)24(5)18-31(41)29-15-12-16-38(29)7/h9-11,13-14,21-24,27,29-30,32H,12,15-20H2,1-8H3,(H,36,42)/t24-,27-,29-,30-,32-/m1/s1. The molecule has 5 atom stereocenters. The van der Waals surface area contributed by atoms with Gasteiger partial charge in [-0.1, -0.05) is 65.0 Å². The maximum Gasteiger partial charge on any atom is 0.303 e. The topological polar surface area (TPSA) is 109 Å². The van der Waals surface area contributed by atoms with Crippen LogP contribution in [0.25, 0.3) is 0 Å². The number of likely N-dealkylation sites (N-methyl/N-ethyl adjacent to an activating group) is 1. The quantitative estimate of drug-likeness (QED) is 0.235. The second-order valence-electron chi connectivity index (χ2n) is 13.4. The molecule has 1 fully saturated rings. The first-order valence-electron chi connectivity index (χ1n) is 16.2. The van der Waals surface area contributed by atoms with Crippen molar-refractivity contribution in [2.45, 2.75) is 104 Å². The van der Waals surface area contributed by atoms with Crippen LogP contribution >= 0.6 is 11.3 Å². The third-order valence-corrected chi connectivity index (χ3v) is 9.58. The monoisotopic (exact) mass is 640 g/mol. The Morgan fingerprint density at radius 1 is 1.09 bits per heavy atom. The van der Waals surface area contributed by atoms with Crippen LogP contribution in [0.3, 0.4) is 0 Å². The highest BCUT2D eigenvalue weighted by molar-refractivity contribution is 7.09. The van der Waals surface area contributed by atoms with E-state index in [2.05, 4.69) is 41.2 Å². The summed E-state index contributed by atoms with van der Waals surface area (Å²) in [4.78, 5) is 60.4. The summed E-state index contributed by atoms with van der Waals surface area (Å²) in [6.45, 7) is 12.4. The molecule has 248 valence electrons. The molecule has 0 aliphatic carbocycles. The van der Waals surface area contributed by atoms with E-state index in [1.807, 2.05) is 46.0 Å². The largest absolute Gasteiger partial charge is 0.455 e. The van der Waals surface area contributed by atoms with Gasteiger partial charge in [0.2, 0.25) is 5.91 Å². The summed E-state index contributed by atoms with van der Waals surface area (Å²) < 4.78 is 5.74. The van der Waals surface area contributed by atoms with Gasteiger partial charge in [0.1, 0.15) is 10.7 Å². The number of carbonyl (C=O) groups is 4. The molecule has 1 saturated heterocycles. The predicted molar refractivity (Wildman–Crippen MR) is 178 cm³/mol. The van der Waals surface area contributed by atoms with Crippen molar-refractivity contribution in [3.8, 4) is 0 Å². The Kier molecular flexibility index (Phi) is 13.7. The summed E-state index contributed by atoms with van der Waals surface area (Å²) in [6, 6.07) is 9.64.